The van der Waals surface area contributed by atoms with Crippen molar-refractivity contribution in [2.45, 2.75) is 13.3 Å². The molecule has 1 heterocycles. The van der Waals surface area contributed by atoms with E-state index in [1.54, 1.807) is 12.3 Å². The van der Waals surface area contributed by atoms with Gasteiger partial charge < -0.3 is 11.1 Å². The fourth-order valence-electron chi connectivity index (χ4n) is 1.66. The van der Waals surface area contributed by atoms with Crippen LogP contribution in [-0.2, 0) is 6.42 Å². The Hall–Kier alpha value is -2.10. The number of hydrogen-bond acceptors (Lipinski definition) is 4. The van der Waals surface area contributed by atoms with Gasteiger partial charge in [0.2, 0.25) is 5.95 Å². The summed E-state index contributed by atoms with van der Waals surface area (Å²) in [6, 6.07) is 10.0. The second-order valence-corrected chi connectivity index (χ2v) is 3.91. The number of nitrogen functional groups attached to an aromatic ring is 1. The third-order valence-electron chi connectivity index (χ3n) is 2.62. The molecule has 0 fully saturated rings. The Morgan fingerprint density at radius 1 is 1.24 bits per heavy atom. The first-order valence-corrected chi connectivity index (χ1v) is 5.62. The number of rotatable bonds is 4. The van der Waals surface area contributed by atoms with Gasteiger partial charge in [0.1, 0.15) is 5.82 Å². The van der Waals surface area contributed by atoms with Crippen molar-refractivity contribution in [3.63, 3.8) is 0 Å². The van der Waals surface area contributed by atoms with E-state index in [1.165, 1.54) is 11.1 Å². The van der Waals surface area contributed by atoms with Crippen molar-refractivity contribution >= 4 is 11.8 Å². The third kappa shape index (κ3) is 3.17. The summed E-state index contributed by atoms with van der Waals surface area (Å²) in [7, 11) is 0. The molecule has 3 N–H and O–H groups in total. The van der Waals surface area contributed by atoms with Crippen LogP contribution in [0.15, 0.2) is 36.5 Å². The molecule has 0 saturated carbocycles. The Morgan fingerprint density at radius 3 is 2.82 bits per heavy atom. The molecule has 0 amide bonds. The molecule has 88 valence electrons. The lowest BCUT2D eigenvalue weighted by Crippen LogP contribution is -2.09. The van der Waals surface area contributed by atoms with Crippen molar-refractivity contribution in [1.82, 2.24) is 9.97 Å². The number of aryl methyl sites for hydroxylation is 1. The largest absolute Gasteiger partial charge is 0.384 e. The van der Waals surface area contributed by atoms with E-state index < -0.39 is 0 Å². The van der Waals surface area contributed by atoms with Crippen molar-refractivity contribution in [2.24, 2.45) is 0 Å². The zero-order valence-corrected chi connectivity index (χ0v) is 9.85. The van der Waals surface area contributed by atoms with Crippen LogP contribution in [0.5, 0.6) is 0 Å². The standard InChI is InChI=1S/C13H16N4/c1-10-4-2-3-5-11(10)6-8-15-13-16-9-7-12(14)17-13/h2-5,7,9H,6,8H2,1H3,(H3,14,15,16,17). The highest BCUT2D eigenvalue weighted by atomic mass is 15.1. The maximum absolute atomic E-state index is 5.57. The molecule has 1 aromatic heterocycles. The van der Waals surface area contributed by atoms with Crippen molar-refractivity contribution in [2.75, 3.05) is 17.6 Å². The predicted molar refractivity (Wildman–Crippen MR) is 69.8 cm³/mol. The second kappa shape index (κ2) is 5.30. The van der Waals surface area contributed by atoms with E-state index in [9.17, 15) is 0 Å². The molecule has 1 aromatic carbocycles. The van der Waals surface area contributed by atoms with Crippen molar-refractivity contribution in [3.8, 4) is 0 Å². The number of aromatic nitrogens is 2. The summed E-state index contributed by atoms with van der Waals surface area (Å²) in [6.07, 6.45) is 2.60. The van der Waals surface area contributed by atoms with Gasteiger partial charge in [-0.15, -0.1) is 0 Å². The van der Waals surface area contributed by atoms with Crippen LogP contribution < -0.4 is 11.1 Å². The van der Waals surface area contributed by atoms with Gasteiger partial charge in [-0.1, -0.05) is 24.3 Å². The molecule has 0 aliphatic heterocycles. The molecule has 0 radical (unpaired) electrons. The molecule has 0 unspecified atom stereocenters. The lowest BCUT2D eigenvalue weighted by Gasteiger charge is -2.07. The van der Waals surface area contributed by atoms with Crippen molar-refractivity contribution in [1.29, 1.82) is 0 Å². The summed E-state index contributed by atoms with van der Waals surface area (Å²) in [5, 5.41) is 3.16. The summed E-state index contributed by atoms with van der Waals surface area (Å²) in [4.78, 5) is 8.17. The Balaban J connectivity index is 1.90. The van der Waals surface area contributed by atoms with Gasteiger partial charge in [-0.05, 0) is 30.5 Å². The monoisotopic (exact) mass is 228 g/mol. The van der Waals surface area contributed by atoms with E-state index in [0.717, 1.165) is 13.0 Å². The molecule has 2 rings (SSSR count). The first-order valence-electron chi connectivity index (χ1n) is 5.62. The molecule has 0 atom stereocenters. The van der Waals surface area contributed by atoms with Crippen LogP contribution >= 0.6 is 0 Å². The highest BCUT2D eigenvalue weighted by Gasteiger charge is 1.98. The van der Waals surface area contributed by atoms with Gasteiger partial charge in [0.15, 0.2) is 0 Å². The molecule has 17 heavy (non-hydrogen) atoms. The fraction of sp³-hybridized carbons (Fsp3) is 0.231. The Morgan fingerprint density at radius 2 is 2.06 bits per heavy atom. The molecule has 2 aromatic rings. The molecule has 0 aliphatic rings. The predicted octanol–water partition coefficient (Wildman–Crippen LogP) is 2.02. The minimum atomic E-state index is 0.485. The zero-order chi connectivity index (χ0) is 12.1. The van der Waals surface area contributed by atoms with Crippen LogP contribution in [0.2, 0.25) is 0 Å². The fourth-order valence-corrected chi connectivity index (χ4v) is 1.66. The van der Waals surface area contributed by atoms with Crippen LogP contribution in [0.1, 0.15) is 11.1 Å². The van der Waals surface area contributed by atoms with Gasteiger partial charge in [0.25, 0.3) is 0 Å². The summed E-state index contributed by atoms with van der Waals surface area (Å²) in [5.41, 5.74) is 8.22. The molecule has 4 heteroatoms. The first-order chi connectivity index (χ1) is 8.25. The third-order valence-corrected chi connectivity index (χ3v) is 2.62. The van der Waals surface area contributed by atoms with Gasteiger partial charge in [-0.2, -0.15) is 4.98 Å². The van der Waals surface area contributed by atoms with Crippen LogP contribution in [0, 0.1) is 6.92 Å². The van der Waals surface area contributed by atoms with Gasteiger partial charge >= 0.3 is 0 Å². The highest BCUT2D eigenvalue weighted by molar-refractivity contribution is 5.35. The van der Waals surface area contributed by atoms with Crippen molar-refractivity contribution < 1.29 is 0 Å². The molecule has 0 saturated heterocycles. The van der Waals surface area contributed by atoms with Crippen LogP contribution in [0.4, 0.5) is 11.8 Å². The van der Waals surface area contributed by atoms with E-state index >= 15 is 0 Å². The Labute approximate surface area is 101 Å². The Bertz CT molecular complexity index is 496. The van der Waals surface area contributed by atoms with Gasteiger partial charge in [0, 0.05) is 12.7 Å². The molecule has 0 spiro atoms. The van der Waals surface area contributed by atoms with Crippen LogP contribution in [0.25, 0.3) is 0 Å². The number of nitrogens with zero attached hydrogens (tertiary/aromatic N) is 2. The van der Waals surface area contributed by atoms with E-state index in [1.807, 2.05) is 6.07 Å². The smallest absolute Gasteiger partial charge is 0.224 e. The quantitative estimate of drug-likeness (QED) is 0.840. The van der Waals surface area contributed by atoms with Crippen molar-refractivity contribution in [3.05, 3.63) is 47.7 Å². The van der Waals surface area contributed by atoms with Gasteiger partial charge in [-0.25, -0.2) is 4.98 Å². The zero-order valence-electron chi connectivity index (χ0n) is 9.85. The maximum Gasteiger partial charge on any atom is 0.224 e. The highest BCUT2D eigenvalue weighted by Crippen LogP contribution is 2.08. The lowest BCUT2D eigenvalue weighted by molar-refractivity contribution is 0.976. The maximum atomic E-state index is 5.57. The minimum Gasteiger partial charge on any atom is -0.384 e. The van der Waals surface area contributed by atoms with Crippen LogP contribution in [0.3, 0.4) is 0 Å². The lowest BCUT2D eigenvalue weighted by atomic mass is 10.1. The number of nitrogens with one attached hydrogen (secondary N) is 1. The molecule has 0 bridgehead atoms. The molecular formula is C13H16N4. The average molecular weight is 228 g/mol. The molecule has 0 aliphatic carbocycles. The number of nitrogens with two attached hydrogens (primary N) is 1. The number of benzene rings is 1. The summed E-state index contributed by atoms with van der Waals surface area (Å²) in [5.74, 6) is 1.07. The first kappa shape index (κ1) is 11.4. The summed E-state index contributed by atoms with van der Waals surface area (Å²) < 4.78 is 0. The molecule has 4 nitrogen and oxygen atoms in total. The van der Waals surface area contributed by atoms with Gasteiger partial charge in [0.05, 0.1) is 0 Å². The molecular weight excluding hydrogens is 212 g/mol. The average Bonchev–Trinajstić information content (AvgIpc) is 2.32. The van der Waals surface area contributed by atoms with E-state index in [2.05, 4.69) is 40.4 Å². The minimum absolute atomic E-state index is 0.485. The topological polar surface area (TPSA) is 63.8 Å². The summed E-state index contributed by atoms with van der Waals surface area (Å²) >= 11 is 0. The summed E-state index contributed by atoms with van der Waals surface area (Å²) in [6.45, 7) is 2.92. The normalized spacial score (nSPS) is 10.2. The SMILES string of the molecule is Cc1ccccc1CCNc1nccc(N)n1. The van der Waals surface area contributed by atoms with E-state index in [4.69, 9.17) is 5.73 Å². The Kier molecular flexibility index (Phi) is 3.55. The van der Waals surface area contributed by atoms with E-state index in [-0.39, 0.29) is 0 Å². The number of hydrogen-bond donors (Lipinski definition) is 2. The second-order valence-electron chi connectivity index (χ2n) is 3.91. The van der Waals surface area contributed by atoms with Gasteiger partial charge in [-0.3, -0.25) is 0 Å². The number of anilines is 2. The van der Waals surface area contributed by atoms with E-state index in [0.29, 0.717) is 11.8 Å². The van der Waals surface area contributed by atoms with Crippen LogP contribution in [-0.4, -0.2) is 16.5 Å².